The van der Waals surface area contributed by atoms with Gasteiger partial charge in [0, 0.05) is 5.69 Å². The molecule has 7 nitrogen and oxygen atoms in total. The topological polar surface area (TPSA) is 84.9 Å². The number of carbonyl (C=O) groups excluding carboxylic acids is 3. The summed E-state index contributed by atoms with van der Waals surface area (Å²) in [6.45, 7) is 7.97. The number of ether oxygens (including phenoxy) is 2. The molecule has 0 aromatic heterocycles. The number of rotatable bonds is 9. The van der Waals surface area contributed by atoms with Crippen molar-refractivity contribution in [3.8, 4) is 11.5 Å². The molecule has 0 aliphatic carbocycles. The lowest BCUT2D eigenvalue weighted by Gasteiger charge is -2.16. The molecule has 3 amide bonds. The Kier molecular flexibility index (Phi) is 8.16. The molecular weight excluding hydrogens is 440 g/mol. The highest BCUT2D eigenvalue weighted by Gasteiger charge is 2.36. The number of thioether (sulfide) groups is 1. The molecule has 1 N–H and O–H groups in total. The van der Waals surface area contributed by atoms with E-state index in [2.05, 4.69) is 5.32 Å². The first kappa shape index (κ1) is 24.4. The number of carbonyl (C=O) groups is 3. The lowest BCUT2D eigenvalue weighted by molar-refractivity contribution is -0.127. The van der Waals surface area contributed by atoms with Gasteiger partial charge in [-0.15, -0.1) is 0 Å². The monoisotopic (exact) mass is 468 g/mol. The van der Waals surface area contributed by atoms with Gasteiger partial charge in [0.05, 0.1) is 17.6 Å². The van der Waals surface area contributed by atoms with Crippen molar-refractivity contribution in [2.45, 2.75) is 40.2 Å². The number of hydrogen-bond acceptors (Lipinski definition) is 6. The van der Waals surface area contributed by atoms with Crippen molar-refractivity contribution in [2.75, 3.05) is 18.5 Å². The third-order valence-electron chi connectivity index (χ3n) is 4.98. The Labute approximate surface area is 198 Å². The molecule has 1 fully saturated rings. The maximum Gasteiger partial charge on any atom is 0.294 e. The van der Waals surface area contributed by atoms with Crippen molar-refractivity contribution in [3.63, 3.8) is 0 Å². The average Bonchev–Trinajstić information content (AvgIpc) is 3.04. The van der Waals surface area contributed by atoms with Crippen LogP contribution in [-0.4, -0.2) is 41.2 Å². The second-order valence-corrected chi connectivity index (χ2v) is 8.65. The molecule has 1 atom stereocenters. The van der Waals surface area contributed by atoms with Crippen LogP contribution in [0.3, 0.4) is 0 Å². The van der Waals surface area contributed by atoms with Crippen LogP contribution >= 0.6 is 11.8 Å². The fourth-order valence-electron chi connectivity index (χ4n) is 3.05. The Bertz CT molecular complexity index is 1060. The van der Waals surface area contributed by atoms with E-state index in [1.54, 1.807) is 36.4 Å². The van der Waals surface area contributed by atoms with Crippen LogP contribution in [0.5, 0.6) is 11.5 Å². The molecule has 1 aliphatic heterocycles. The van der Waals surface area contributed by atoms with Gasteiger partial charge in [-0.3, -0.25) is 19.3 Å². The zero-order valence-electron chi connectivity index (χ0n) is 19.2. The number of amides is 3. The summed E-state index contributed by atoms with van der Waals surface area (Å²) in [5.41, 5.74) is 2.37. The van der Waals surface area contributed by atoms with Crippen LogP contribution < -0.4 is 14.8 Å². The van der Waals surface area contributed by atoms with E-state index in [4.69, 9.17) is 9.47 Å². The largest absolute Gasteiger partial charge is 0.490 e. The van der Waals surface area contributed by atoms with Crippen LogP contribution in [0.15, 0.2) is 47.4 Å². The Morgan fingerprint density at radius 1 is 1.12 bits per heavy atom. The SMILES string of the molecule is CCOc1cc(/C=C2/SC(=O)N(CC(=O)Nc3ccc(C)cc3)C2=O)ccc1O[C@@H](C)CC. The summed E-state index contributed by atoms with van der Waals surface area (Å²) in [6, 6.07) is 12.7. The first-order valence-corrected chi connectivity index (χ1v) is 11.7. The molecular formula is C25H28N2O5S. The standard InChI is InChI=1S/C25H28N2O5S/c1-5-17(4)32-20-12-9-18(13-21(20)31-6-2)14-22-24(29)27(25(30)33-22)15-23(28)26-19-10-7-16(3)8-11-19/h7-14,17H,5-6,15H2,1-4H3,(H,26,28)/b22-14+/t17-/m0/s1. The Morgan fingerprint density at radius 3 is 2.52 bits per heavy atom. The molecule has 2 aromatic carbocycles. The second-order valence-electron chi connectivity index (χ2n) is 7.66. The van der Waals surface area contributed by atoms with E-state index >= 15 is 0 Å². The average molecular weight is 469 g/mol. The van der Waals surface area contributed by atoms with Gasteiger partial charge in [0.25, 0.3) is 11.1 Å². The highest BCUT2D eigenvalue weighted by Crippen LogP contribution is 2.35. The zero-order chi connectivity index (χ0) is 24.0. The number of benzene rings is 2. The minimum Gasteiger partial charge on any atom is -0.490 e. The molecule has 0 radical (unpaired) electrons. The van der Waals surface area contributed by atoms with E-state index < -0.39 is 17.1 Å². The molecule has 174 valence electrons. The Hall–Kier alpha value is -3.26. The zero-order valence-corrected chi connectivity index (χ0v) is 20.0. The predicted molar refractivity (Wildman–Crippen MR) is 130 cm³/mol. The summed E-state index contributed by atoms with van der Waals surface area (Å²) in [5.74, 6) is 0.266. The number of hydrogen-bond donors (Lipinski definition) is 1. The number of anilines is 1. The first-order chi connectivity index (χ1) is 15.8. The van der Waals surface area contributed by atoms with E-state index in [0.29, 0.717) is 29.4 Å². The molecule has 33 heavy (non-hydrogen) atoms. The molecule has 0 bridgehead atoms. The number of aryl methyl sites for hydroxylation is 1. The van der Waals surface area contributed by atoms with E-state index in [9.17, 15) is 14.4 Å². The number of nitrogens with one attached hydrogen (secondary N) is 1. The third kappa shape index (κ3) is 6.38. The van der Waals surface area contributed by atoms with Crippen molar-refractivity contribution in [1.82, 2.24) is 4.90 Å². The van der Waals surface area contributed by atoms with Crippen molar-refractivity contribution < 1.29 is 23.9 Å². The van der Waals surface area contributed by atoms with Crippen LogP contribution in [0, 0.1) is 6.92 Å². The number of nitrogens with zero attached hydrogens (tertiary/aromatic N) is 1. The van der Waals surface area contributed by atoms with Gasteiger partial charge < -0.3 is 14.8 Å². The van der Waals surface area contributed by atoms with E-state index in [-0.39, 0.29) is 17.6 Å². The van der Waals surface area contributed by atoms with Crippen LogP contribution in [0.2, 0.25) is 0 Å². The van der Waals surface area contributed by atoms with Crippen molar-refractivity contribution in [3.05, 3.63) is 58.5 Å². The predicted octanol–water partition coefficient (Wildman–Crippen LogP) is 5.25. The molecule has 8 heteroatoms. The molecule has 1 heterocycles. The minimum absolute atomic E-state index is 0.0395. The summed E-state index contributed by atoms with van der Waals surface area (Å²) < 4.78 is 11.6. The summed E-state index contributed by atoms with van der Waals surface area (Å²) in [4.78, 5) is 38.8. The maximum atomic E-state index is 12.8. The van der Waals surface area contributed by atoms with Gasteiger partial charge >= 0.3 is 0 Å². The van der Waals surface area contributed by atoms with Crippen molar-refractivity contribution >= 4 is 40.6 Å². The molecule has 1 aliphatic rings. The second kappa shape index (κ2) is 11.0. The molecule has 2 aromatic rings. The van der Waals surface area contributed by atoms with E-state index in [0.717, 1.165) is 28.6 Å². The van der Waals surface area contributed by atoms with Gasteiger partial charge in [-0.25, -0.2) is 0 Å². The Morgan fingerprint density at radius 2 is 1.85 bits per heavy atom. The van der Waals surface area contributed by atoms with Crippen molar-refractivity contribution in [2.24, 2.45) is 0 Å². The molecule has 0 unspecified atom stereocenters. The van der Waals surface area contributed by atoms with Gasteiger partial charge in [0.15, 0.2) is 11.5 Å². The maximum absolute atomic E-state index is 12.8. The highest BCUT2D eigenvalue weighted by molar-refractivity contribution is 8.18. The number of imide groups is 1. The minimum atomic E-state index is -0.498. The lowest BCUT2D eigenvalue weighted by Crippen LogP contribution is -2.36. The third-order valence-corrected chi connectivity index (χ3v) is 5.89. The van der Waals surface area contributed by atoms with Crippen molar-refractivity contribution in [1.29, 1.82) is 0 Å². The summed E-state index contributed by atoms with van der Waals surface area (Å²) >= 11 is 0.811. The summed E-state index contributed by atoms with van der Waals surface area (Å²) in [6.07, 6.45) is 2.52. The quantitative estimate of drug-likeness (QED) is 0.506. The fourth-order valence-corrected chi connectivity index (χ4v) is 3.89. The Balaban J connectivity index is 1.72. The van der Waals surface area contributed by atoms with Crippen LogP contribution in [0.1, 0.15) is 38.3 Å². The first-order valence-electron chi connectivity index (χ1n) is 10.9. The van der Waals surface area contributed by atoms with Crippen LogP contribution in [0.4, 0.5) is 10.5 Å². The van der Waals surface area contributed by atoms with Crippen LogP contribution in [-0.2, 0) is 9.59 Å². The van der Waals surface area contributed by atoms with Gasteiger partial charge in [0.2, 0.25) is 5.91 Å². The lowest BCUT2D eigenvalue weighted by atomic mass is 10.1. The molecule has 0 spiro atoms. The fraction of sp³-hybridized carbons (Fsp3) is 0.320. The van der Waals surface area contributed by atoms with Crippen LogP contribution in [0.25, 0.3) is 6.08 Å². The van der Waals surface area contributed by atoms with Gasteiger partial charge in [0.1, 0.15) is 6.54 Å². The highest BCUT2D eigenvalue weighted by atomic mass is 32.2. The van der Waals surface area contributed by atoms with Gasteiger partial charge in [-0.2, -0.15) is 0 Å². The summed E-state index contributed by atoms with van der Waals surface area (Å²) in [5, 5.41) is 2.23. The molecule has 1 saturated heterocycles. The van der Waals surface area contributed by atoms with E-state index in [1.807, 2.05) is 39.8 Å². The molecule has 3 rings (SSSR count). The normalized spacial score (nSPS) is 15.6. The van der Waals surface area contributed by atoms with Gasteiger partial charge in [-0.05, 0) is 74.9 Å². The molecule has 0 saturated carbocycles. The van der Waals surface area contributed by atoms with E-state index in [1.165, 1.54) is 0 Å². The van der Waals surface area contributed by atoms with Gasteiger partial charge in [-0.1, -0.05) is 30.7 Å². The smallest absolute Gasteiger partial charge is 0.294 e. The summed E-state index contributed by atoms with van der Waals surface area (Å²) in [7, 11) is 0.